The lowest BCUT2D eigenvalue weighted by Gasteiger charge is -2.23. The van der Waals surface area contributed by atoms with Crippen molar-refractivity contribution >= 4 is 0 Å². The molecule has 3 heteroatoms. The fourth-order valence-electron chi connectivity index (χ4n) is 3.49. The molecular weight excluding hydrogens is 372 g/mol. The van der Waals surface area contributed by atoms with Gasteiger partial charge in [0.05, 0.1) is 5.60 Å². The van der Waals surface area contributed by atoms with Gasteiger partial charge >= 0.3 is 0 Å². The average molecular weight is 415 g/mol. The van der Waals surface area contributed by atoms with Crippen molar-refractivity contribution in [1.82, 2.24) is 0 Å². The molecule has 168 valence electrons. The van der Waals surface area contributed by atoms with Crippen molar-refractivity contribution in [2.24, 2.45) is 0 Å². The molecule has 1 aromatic rings. The lowest BCUT2D eigenvalue weighted by molar-refractivity contribution is 0.0432. The number of aryl methyl sites for hydroxylation is 2. The summed E-state index contributed by atoms with van der Waals surface area (Å²) >= 11 is 0. The van der Waals surface area contributed by atoms with Gasteiger partial charge in [0.2, 0.25) is 0 Å². The summed E-state index contributed by atoms with van der Waals surface area (Å²) in [6.45, 7) is 12.3. The molecule has 30 heavy (non-hydrogen) atoms. The predicted molar refractivity (Wildman–Crippen MR) is 128 cm³/mol. The Hall–Kier alpha value is -2.00. The number of rotatable bonds is 12. The number of aliphatic hydroxyl groups is 1. The normalized spacial score (nSPS) is 14.5. The smallest absolute Gasteiger partial charge is 0.160 e. The summed E-state index contributed by atoms with van der Waals surface area (Å²) < 4.78 is 0. The van der Waals surface area contributed by atoms with Gasteiger partial charge in [0.1, 0.15) is 0 Å². The first kappa shape index (κ1) is 26.0. The summed E-state index contributed by atoms with van der Waals surface area (Å²) in [6.07, 6.45) is 14.1. The minimum atomic E-state index is -0.750. The molecule has 0 aliphatic rings. The van der Waals surface area contributed by atoms with Crippen LogP contribution in [0.3, 0.4) is 0 Å². The Balaban J connectivity index is 2.39. The number of phenolic OH excluding ortho intramolecular Hbond substituents is 2. The Morgan fingerprint density at radius 2 is 1.43 bits per heavy atom. The second-order valence-electron chi connectivity index (χ2n) is 9.28. The molecule has 0 saturated heterocycles. The molecule has 0 heterocycles. The summed E-state index contributed by atoms with van der Waals surface area (Å²) in [5, 5.41) is 30.1. The number of hydrogen-bond acceptors (Lipinski definition) is 3. The summed E-state index contributed by atoms with van der Waals surface area (Å²) in [7, 11) is 0. The van der Waals surface area contributed by atoms with Crippen LogP contribution >= 0.6 is 0 Å². The minimum absolute atomic E-state index is 0.0657. The van der Waals surface area contributed by atoms with Gasteiger partial charge in [-0.25, -0.2) is 0 Å². The molecule has 3 nitrogen and oxygen atoms in total. The summed E-state index contributed by atoms with van der Waals surface area (Å²) in [4.78, 5) is 0. The Morgan fingerprint density at radius 3 is 2.00 bits per heavy atom. The fraction of sp³-hybridized carbons (Fsp3) is 0.556. The third-order valence-electron chi connectivity index (χ3n) is 5.59. The molecule has 1 aromatic carbocycles. The quantitative estimate of drug-likeness (QED) is 0.248. The Kier molecular flexibility index (Phi) is 11.0. The van der Waals surface area contributed by atoms with E-state index >= 15 is 0 Å². The molecule has 0 radical (unpaired) electrons. The van der Waals surface area contributed by atoms with E-state index in [9.17, 15) is 15.3 Å². The molecule has 0 saturated carbocycles. The lowest BCUT2D eigenvalue weighted by atomic mass is 9.91. The zero-order valence-electron chi connectivity index (χ0n) is 19.9. The highest BCUT2D eigenvalue weighted by molar-refractivity contribution is 5.46. The van der Waals surface area contributed by atoms with Gasteiger partial charge in [0.15, 0.2) is 11.5 Å². The lowest BCUT2D eigenvalue weighted by Crippen LogP contribution is -2.24. The number of allylic oxidation sites excluding steroid dienone is 6. The van der Waals surface area contributed by atoms with Gasteiger partial charge in [-0.15, -0.1) is 0 Å². The van der Waals surface area contributed by atoms with Crippen LogP contribution in [0.4, 0.5) is 0 Å². The minimum Gasteiger partial charge on any atom is -0.504 e. The third kappa shape index (κ3) is 10.7. The van der Waals surface area contributed by atoms with E-state index < -0.39 is 5.60 Å². The van der Waals surface area contributed by atoms with E-state index in [-0.39, 0.29) is 11.5 Å². The van der Waals surface area contributed by atoms with Crippen LogP contribution in [-0.4, -0.2) is 20.9 Å². The number of benzene rings is 1. The van der Waals surface area contributed by atoms with Crippen molar-refractivity contribution in [2.75, 3.05) is 0 Å². The molecule has 0 aromatic heterocycles. The van der Waals surface area contributed by atoms with Crippen molar-refractivity contribution < 1.29 is 15.3 Å². The van der Waals surface area contributed by atoms with E-state index in [1.807, 2.05) is 13.0 Å². The van der Waals surface area contributed by atoms with Crippen LogP contribution in [0, 0.1) is 6.92 Å². The predicted octanol–water partition coefficient (Wildman–Crippen LogP) is 7.29. The van der Waals surface area contributed by atoms with Crippen molar-refractivity contribution in [3.05, 3.63) is 58.2 Å². The van der Waals surface area contributed by atoms with E-state index in [0.29, 0.717) is 24.8 Å². The fourth-order valence-corrected chi connectivity index (χ4v) is 3.49. The highest BCUT2D eigenvalue weighted by Crippen LogP contribution is 2.31. The molecule has 0 bridgehead atoms. The molecule has 1 atom stereocenters. The van der Waals surface area contributed by atoms with E-state index in [4.69, 9.17) is 0 Å². The molecule has 0 spiro atoms. The van der Waals surface area contributed by atoms with Crippen LogP contribution in [0.25, 0.3) is 0 Å². The van der Waals surface area contributed by atoms with Crippen LogP contribution in [0.5, 0.6) is 11.5 Å². The number of aromatic hydroxyl groups is 2. The number of phenols is 2. The van der Waals surface area contributed by atoms with E-state index in [0.717, 1.165) is 37.7 Å². The van der Waals surface area contributed by atoms with Gasteiger partial charge in [0, 0.05) is 0 Å². The van der Waals surface area contributed by atoms with E-state index in [1.54, 1.807) is 13.0 Å². The van der Waals surface area contributed by atoms with Gasteiger partial charge in [-0.05, 0) is 110 Å². The van der Waals surface area contributed by atoms with Crippen molar-refractivity contribution in [1.29, 1.82) is 0 Å². The SMILES string of the molecule is CC(C)=CCC/C(C)=C/CC/C(C)=C/CCC(C)(O)CCc1cc(C)c(O)c(O)c1. The molecule has 0 fully saturated rings. The highest BCUT2D eigenvalue weighted by atomic mass is 16.3. The Labute approximate surface area is 183 Å². The zero-order chi connectivity index (χ0) is 22.7. The van der Waals surface area contributed by atoms with Crippen LogP contribution in [0.15, 0.2) is 47.1 Å². The monoisotopic (exact) mass is 414 g/mol. The van der Waals surface area contributed by atoms with Crippen LogP contribution < -0.4 is 0 Å². The molecule has 3 N–H and O–H groups in total. The van der Waals surface area contributed by atoms with Crippen LogP contribution in [0.1, 0.15) is 90.7 Å². The maximum Gasteiger partial charge on any atom is 0.160 e. The third-order valence-corrected chi connectivity index (χ3v) is 5.59. The van der Waals surface area contributed by atoms with E-state index in [2.05, 4.69) is 45.9 Å². The summed E-state index contributed by atoms with van der Waals surface area (Å²) in [5.74, 6) is -0.159. The second-order valence-corrected chi connectivity index (χ2v) is 9.28. The Bertz CT molecular complexity index is 739. The first-order chi connectivity index (χ1) is 14.0. The van der Waals surface area contributed by atoms with Crippen molar-refractivity contribution in [2.45, 2.75) is 98.5 Å². The van der Waals surface area contributed by atoms with Gasteiger partial charge in [0.25, 0.3) is 0 Å². The maximum atomic E-state index is 10.7. The highest BCUT2D eigenvalue weighted by Gasteiger charge is 2.19. The van der Waals surface area contributed by atoms with Gasteiger partial charge < -0.3 is 15.3 Å². The number of hydrogen-bond donors (Lipinski definition) is 3. The van der Waals surface area contributed by atoms with Crippen LogP contribution in [0.2, 0.25) is 0 Å². The average Bonchev–Trinajstić information content (AvgIpc) is 2.64. The zero-order valence-corrected chi connectivity index (χ0v) is 19.9. The van der Waals surface area contributed by atoms with Crippen molar-refractivity contribution in [3.8, 4) is 11.5 Å². The van der Waals surface area contributed by atoms with Gasteiger partial charge in [-0.1, -0.05) is 41.0 Å². The second kappa shape index (κ2) is 12.6. The van der Waals surface area contributed by atoms with E-state index in [1.165, 1.54) is 16.7 Å². The summed E-state index contributed by atoms with van der Waals surface area (Å²) in [6, 6.07) is 3.45. The first-order valence-electron chi connectivity index (χ1n) is 11.2. The molecule has 1 rings (SSSR count). The standard InChI is InChI=1S/C27H42O3/c1-20(2)10-7-11-21(3)12-8-13-22(4)14-9-16-27(6,30)17-15-24-18-23(5)26(29)25(28)19-24/h10,12,14,18-19,28-30H,7-9,11,13,15-17H2,1-6H3/b21-12+,22-14+. The summed E-state index contributed by atoms with van der Waals surface area (Å²) in [5.41, 5.74) is 5.05. The maximum absolute atomic E-state index is 10.7. The van der Waals surface area contributed by atoms with Gasteiger partial charge in [-0.3, -0.25) is 0 Å². The topological polar surface area (TPSA) is 60.7 Å². The molecule has 0 aliphatic heterocycles. The van der Waals surface area contributed by atoms with Crippen LogP contribution in [-0.2, 0) is 6.42 Å². The molecule has 0 amide bonds. The Morgan fingerprint density at radius 1 is 0.867 bits per heavy atom. The molecule has 0 aliphatic carbocycles. The van der Waals surface area contributed by atoms with Gasteiger partial charge in [-0.2, -0.15) is 0 Å². The van der Waals surface area contributed by atoms with Crippen molar-refractivity contribution in [3.63, 3.8) is 0 Å². The molecule has 1 unspecified atom stereocenters. The molecular formula is C27H42O3. The largest absolute Gasteiger partial charge is 0.504 e. The first-order valence-corrected chi connectivity index (χ1v) is 11.2.